The highest BCUT2D eigenvalue weighted by Gasteiger charge is 2.28. The van der Waals surface area contributed by atoms with E-state index in [-0.39, 0.29) is 12.2 Å². The number of ether oxygens (including phenoxy) is 3. The molecule has 6 nitrogen and oxygen atoms in total. The van der Waals surface area contributed by atoms with Gasteiger partial charge in [0.2, 0.25) is 0 Å². The van der Waals surface area contributed by atoms with Crippen molar-refractivity contribution in [3.05, 3.63) is 23.8 Å². The van der Waals surface area contributed by atoms with E-state index in [1.54, 1.807) is 0 Å². The molecule has 2 unspecified atom stereocenters. The van der Waals surface area contributed by atoms with E-state index >= 15 is 0 Å². The molecule has 1 rings (SSSR count). The predicted molar refractivity (Wildman–Crippen MR) is 67.3 cm³/mol. The van der Waals surface area contributed by atoms with Crippen LogP contribution in [0.1, 0.15) is 18.6 Å². The highest BCUT2D eigenvalue weighted by Crippen LogP contribution is 2.33. The molecule has 23 heavy (non-hydrogen) atoms. The Kier molecular flexibility index (Phi) is 7.04. The normalized spacial score (nSPS) is 13.8. The van der Waals surface area contributed by atoms with Crippen molar-refractivity contribution < 1.29 is 46.8 Å². The van der Waals surface area contributed by atoms with Crippen molar-refractivity contribution in [2.24, 2.45) is 0 Å². The summed E-state index contributed by atoms with van der Waals surface area (Å²) in [6.45, 7) is -5.20. The van der Waals surface area contributed by atoms with E-state index in [9.17, 15) is 32.6 Å². The van der Waals surface area contributed by atoms with Crippen molar-refractivity contribution in [3.63, 3.8) is 0 Å². The van der Waals surface area contributed by atoms with Crippen LogP contribution in [0.3, 0.4) is 0 Å². The van der Waals surface area contributed by atoms with E-state index in [1.807, 2.05) is 0 Å². The van der Waals surface area contributed by atoms with Crippen LogP contribution < -0.4 is 9.47 Å². The van der Waals surface area contributed by atoms with Crippen LogP contribution in [0.4, 0.5) is 17.6 Å². The predicted octanol–water partition coefficient (Wildman–Crippen LogP) is 1.85. The number of carbonyl (C=O) groups is 1. The van der Waals surface area contributed by atoms with Crippen LogP contribution in [-0.2, 0) is 9.53 Å². The average molecular weight is 342 g/mol. The average Bonchev–Trinajstić information content (AvgIpc) is 2.46. The maximum absolute atomic E-state index is 12.3. The van der Waals surface area contributed by atoms with Crippen LogP contribution in [0.5, 0.6) is 11.5 Å². The first-order valence-electron chi connectivity index (χ1n) is 6.32. The van der Waals surface area contributed by atoms with Crippen LogP contribution >= 0.6 is 0 Å². The van der Waals surface area contributed by atoms with Gasteiger partial charge < -0.3 is 24.4 Å². The lowest BCUT2D eigenvalue weighted by molar-refractivity contribution is -0.159. The smallest absolute Gasteiger partial charge is 0.387 e. The van der Waals surface area contributed by atoms with Gasteiger partial charge in [0, 0.05) is 0 Å². The maximum Gasteiger partial charge on any atom is 0.387 e. The van der Waals surface area contributed by atoms with Gasteiger partial charge in [-0.3, -0.25) is 0 Å². The summed E-state index contributed by atoms with van der Waals surface area (Å²) in [4.78, 5) is 11.3. The molecule has 2 N–H and O–H groups in total. The maximum atomic E-state index is 12.3. The lowest BCUT2D eigenvalue weighted by Gasteiger charge is -2.19. The van der Waals surface area contributed by atoms with Gasteiger partial charge in [-0.05, 0) is 24.6 Å². The molecule has 0 aromatic heterocycles. The zero-order chi connectivity index (χ0) is 17.6. The number of aliphatic hydroxyl groups excluding tert-OH is 2. The van der Waals surface area contributed by atoms with Crippen LogP contribution in [-0.4, -0.2) is 42.1 Å². The molecule has 0 bridgehead atoms. The fraction of sp³-hybridized carbons (Fsp3) is 0.462. The molecule has 0 saturated carbocycles. The molecule has 1 aromatic rings. The second kappa shape index (κ2) is 8.53. The van der Waals surface area contributed by atoms with Crippen molar-refractivity contribution in [2.75, 3.05) is 6.61 Å². The summed E-state index contributed by atoms with van der Waals surface area (Å²) in [5.41, 5.74) is -0.234. The summed E-state index contributed by atoms with van der Waals surface area (Å²) >= 11 is 0. The third-order valence-electron chi connectivity index (χ3n) is 2.57. The molecule has 0 heterocycles. The number of rotatable bonds is 8. The van der Waals surface area contributed by atoms with Gasteiger partial charge in [0.15, 0.2) is 17.6 Å². The Hall–Kier alpha value is -2.07. The minimum atomic E-state index is -3.34. The summed E-state index contributed by atoms with van der Waals surface area (Å²) in [7, 11) is 0. The van der Waals surface area contributed by atoms with Gasteiger partial charge in [-0.2, -0.15) is 17.6 Å². The lowest BCUT2D eigenvalue weighted by atomic mass is 10.0. The van der Waals surface area contributed by atoms with Crippen molar-refractivity contribution in [2.45, 2.75) is 32.4 Å². The van der Waals surface area contributed by atoms with Crippen molar-refractivity contribution in [1.29, 1.82) is 0 Å². The number of benzene rings is 1. The summed E-state index contributed by atoms with van der Waals surface area (Å²) in [6.07, 6.45) is -3.83. The fourth-order valence-electron chi connectivity index (χ4n) is 1.63. The Morgan fingerprint density at radius 2 is 1.65 bits per heavy atom. The first-order valence-corrected chi connectivity index (χ1v) is 6.32. The number of halogens is 4. The Labute approximate surface area is 128 Å². The van der Waals surface area contributed by atoms with E-state index in [0.717, 1.165) is 18.2 Å². The number of aliphatic hydroxyl groups is 2. The lowest BCUT2D eigenvalue weighted by Crippen LogP contribution is -2.29. The number of hydrogen-bond acceptors (Lipinski definition) is 6. The second-order valence-electron chi connectivity index (χ2n) is 4.10. The minimum Gasteiger partial charge on any atom is -0.464 e. The molecule has 2 atom stereocenters. The van der Waals surface area contributed by atoms with Gasteiger partial charge in [0.05, 0.1) is 6.61 Å². The molecule has 0 radical (unpaired) electrons. The van der Waals surface area contributed by atoms with E-state index in [4.69, 9.17) is 0 Å². The molecule has 130 valence electrons. The van der Waals surface area contributed by atoms with Gasteiger partial charge >= 0.3 is 19.2 Å². The van der Waals surface area contributed by atoms with Crippen molar-refractivity contribution >= 4 is 5.97 Å². The van der Waals surface area contributed by atoms with E-state index < -0.39 is 42.9 Å². The third-order valence-corrected chi connectivity index (χ3v) is 2.57. The first kappa shape index (κ1) is 19.0. The van der Waals surface area contributed by atoms with Crippen LogP contribution in [0.2, 0.25) is 0 Å². The molecular weight excluding hydrogens is 328 g/mol. The molecule has 0 aliphatic carbocycles. The molecular formula is C13H14F4O6. The van der Waals surface area contributed by atoms with Crippen molar-refractivity contribution in [3.8, 4) is 11.5 Å². The Morgan fingerprint density at radius 1 is 1.09 bits per heavy atom. The quantitative estimate of drug-likeness (QED) is 0.554. The molecule has 10 heteroatoms. The molecule has 0 saturated heterocycles. The van der Waals surface area contributed by atoms with Gasteiger partial charge in [-0.1, -0.05) is 6.07 Å². The largest absolute Gasteiger partial charge is 0.464 e. The molecule has 0 aliphatic rings. The first-order chi connectivity index (χ1) is 10.8. The summed E-state index contributed by atoms with van der Waals surface area (Å²) in [6, 6.07) is 2.58. The van der Waals surface area contributed by atoms with Gasteiger partial charge in [-0.25, -0.2) is 4.79 Å². The summed E-state index contributed by atoms with van der Waals surface area (Å²) in [5.74, 6) is -2.61. The highest BCUT2D eigenvalue weighted by molar-refractivity contribution is 5.75. The Bertz CT molecular complexity index is 525. The minimum absolute atomic E-state index is 0.0521. The standard InChI is InChI=1S/C13H14F4O6/c1-2-21-11(20)10(19)9(18)6-3-4-7(22-12(14)15)8(5-6)23-13(16)17/h3-5,9-10,12-13,18-19H,2H2,1H3. The molecule has 0 amide bonds. The van der Waals surface area contributed by atoms with E-state index in [2.05, 4.69) is 14.2 Å². The van der Waals surface area contributed by atoms with Crippen molar-refractivity contribution in [1.82, 2.24) is 0 Å². The van der Waals surface area contributed by atoms with Gasteiger partial charge in [0.1, 0.15) is 6.10 Å². The highest BCUT2D eigenvalue weighted by atomic mass is 19.3. The second-order valence-corrected chi connectivity index (χ2v) is 4.10. The molecule has 0 spiro atoms. The number of hydrogen-bond donors (Lipinski definition) is 2. The summed E-state index contributed by atoms with van der Waals surface area (Å²) < 4.78 is 61.5. The third kappa shape index (κ3) is 5.57. The fourth-order valence-corrected chi connectivity index (χ4v) is 1.63. The van der Waals surface area contributed by atoms with E-state index in [1.165, 1.54) is 6.92 Å². The van der Waals surface area contributed by atoms with E-state index in [0.29, 0.717) is 0 Å². The van der Waals surface area contributed by atoms with Gasteiger partial charge in [-0.15, -0.1) is 0 Å². The van der Waals surface area contributed by atoms with Crippen LogP contribution in [0, 0.1) is 0 Å². The van der Waals surface area contributed by atoms with Gasteiger partial charge in [0.25, 0.3) is 0 Å². The number of carbonyl (C=O) groups excluding carboxylic acids is 1. The number of alkyl halides is 4. The Morgan fingerprint density at radius 3 is 2.17 bits per heavy atom. The topological polar surface area (TPSA) is 85.2 Å². The molecule has 1 aromatic carbocycles. The summed E-state index contributed by atoms with van der Waals surface area (Å²) in [5, 5.41) is 19.4. The monoisotopic (exact) mass is 342 g/mol. The zero-order valence-electron chi connectivity index (χ0n) is 11.8. The molecule has 0 fully saturated rings. The van der Waals surface area contributed by atoms with Crippen LogP contribution in [0.25, 0.3) is 0 Å². The Balaban J connectivity index is 3.05. The number of esters is 1. The molecule has 0 aliphatic heterocycles. The SMILES string of the molecule is CCOC(=O)C(O)C(O)c1ccc(OC(F)F)c(OC(F)F)c1. The van der Waals surface area contributed by atoms with Crippen LogP contribution in [0.15, 0.2) is 18.2 Å². The zero-order valence-corrected chi connectivity index (χ0v) is 11.8.